The predicted molar refractivity (Wildman–Crippen MR) is 110 cm³/mol. The summed E-state index contributed by atoms with van der Waals surface area (Å²) in [6, 6.07) is 0.396. The molecule has 2 aliphatic rings. The number of hydrogen-bond acceptors (Lipinski definition) is 4. The fourth-order valence-corrected chi connectivity index (χ4v) is 4.10. The van der Waals surface area contributed by atoms with E-state index in [4.69, 9.17) is 14.7 Å². The van der Waals surface area contributed by atoms with Gasteiger partial charge in [0.1, 0.15) is 5.01 Å². The first-order chi connectivity index (χ1) is 11.0. The van der Waals surface area contributed by atoms with Gasteiger partial charge in [0.05, 0.1) is 30.5 Å². The smallest absolute Gasteiger partial charge is 0.191 e. The molecule has 3 unspecified atom stereocenters. The normalized spacial score (nSPS) is 26.3. The van der Waals surface area contributed by atoms with Crippen LogP contribution in [0, 0.1) is 0 Å². The molecule has 2 N–H and O–H groups in total. The van der Waals surface area contributed by atoms with E-state index < -0.39 is 0 Å². The Hall–Kier alpha value is -0.410. The zero-order valence-corrected chi connectivity index (χ0v) is 18.1. The molecule has 5 nitrogen and oxygen atoms in total. The summed E-state index contributed by atoms with van der Waals surface area (Å²) in [6.45, 7) is 10.1. The molecule has 3 rings (SSSR count). The van der Waals surface area contributed by atoms with E-state index in [1.54, 1.807) is 11.3 Å². The molecule has 2 bridgehead atoms. The minimum atomic E-state index is 0. The lowest BCUT2D eigenvalue weighted by Gasteiger charge is -2.22. The van der Waals surface area contributed by atoms with Crippen molar-refractivity contribution in [1.29, 1.82) is 0 Å². The first kappa shape index (κ1) is 19.9. The first-order valence-electron chi connectivity index (χ1n) is 8.61. The van der Waals surface area contributed by atoms with Crippen LogP contribution in [0.25, 0.3) is 0 Å². The highest BCUT2D eigenvalue weighted by molar-refractivity contribution is 14.0. The third kappa shape index (κ3) is 4.82. The van der Waals surface area contributed by atoms with Crippen molar-refractivity contribution in [2.45, 2.75) is 77.2 Å². The molecule has 136 valence electrons. The van der Waals surface area contributed by atoms with E-state index in [9.17, 15) is 0 Å². The lowest BCUT2D eigenvalue weighted by molar-refractivity contribution is 0.0992. The van der Waals surface area contributed by atoms with Crippen LogP contribution in [0.15, 0.2) is 10.4 Å². The van der Waals surface area contributed by atoms with E-state index in [2.05, 4.69) is 43.7 Å². The first-order valence-corrected chi connectivity index (χ1v) is 9.49. The monoisotopic (exact) mass is 464 g/mol. The molecule has 3 heterocycles. The van der Waals surface area contributed by atoms with Gasteiger partial charge >= 0.3 is 0 Å². The Labute approximate surface area is 166 Å². The average molecular weight is 464 g/mol. The lowest BCUT2D eigenvalue weighted by Crippen LogP contribution is -2.47. The summed E-state index contributed by atoms with van der Waals surface area (Å²) in [5, 5.41) is 10.1. The Morgan fingerprint density at radius 2 is 2.21 bits per heavy atom. The fourth-order valence-electron chi connectivity index (χ4n) is 3.16. The summed E-state index contributed by atoms with van der Waals surface area (Å²) in [6.07, 6.45) is 4.29. The molecule has 1 aromatic rings. The largest absolute Gasteiger partial charge is 0.373 e. The second-order valence-electron chi connectivity index (χ2n) is 7.43. The standard InChI is InChI=1S/C17H28N4OS.HI/c1-5-18-16(20-12-8-11-6-7-13(12)22-11)19-9-15-21-14(10-23-15)17(2,3)4;/h10-13H,5-9H2,1-4H3,(H2,18,19,20);1H. The summed E-state index contributed by atoms with van der Waals surface area (Å²) in [7, 11) is 0. The van der Waals surface area contributed by atoms with Crippen molar-refractivity contribution in [3.63, 3.8) is 0 Å². The van der Waals surface area contributed by atoms with Gasteiger partial charge in [0.25, 0.3) is 0 Å². The lowest BCUT2D eigenvalue weighted by atomic mass is 9.93. The quantitative estimate of drug-likeness (QED) is 0.407. The highest BCUT2D eigenvalue weighted by Crippen LogP contribution is 2.34. The van der Waals surface area contributed by atoms with Gasteiger partial charge in [-0.3, -0.25) is 0 Å². The van der Waals surface area contributed by atoms with Crippen LogP contribution in [0.5, 0.6) is 0 Å². The van der Waals surface area contributed by atoms with Gasteiger partial charge in [0.2, 0.25) is 0 Å². The zero-order valence-electron chi connectivity index (χ0n) is 15.0. The molecule has 0 amide bonds. The van der Waals surface area contributed by atoms with Crippen LogP contribution in [0.1, 0.15) is 57.7 Å². The number of ether oxygens (including phenoxy) is 1. The molecule has 0 aliphatic carbocycles. The van der Waals surface area contributed by atoms with Gasteiger partial charge in [0, 0.05) is 17.3 Å². The van der Waals surface area contributed by atoms with E-state index in [0.717, 1.165) is 29.6 Å². The molecule has 3 atom stereocenters. The second kappa shape index (κ2) is 8.31. The molecule has 0 spiro atoms. The predicted octanol–water partition coefficient (Wildman–Crippen LogP) is 3.43. The highest BCUT2D eigenvalue weighted by atomic mass is 127. The Bertz CT molecular complexity index is 569. The number of aliphatic imine (C=N–C) groups is 1. The molecule has 2 saturated heterocycles. The van der Waals surface area contributed by atoms with Crippen molar-refractivity contribution < 1.29 is 4.74 Å². The van der Waals surface area contributed by atoms with E-state index >= 15 is 0 Å². The number of nitrogens with zero attached hydrogens (tertiary/aromatic N) is 2. The van der Waals surface area contributed by atoms with Gasteiger partial charge in [-0.25, -0.2) is 9.98 Å². The number of rotatable bonds is 4. The van der Waals surface area contributed by atoms with Crippen LogP contribution in [-0.2, 0) is 16.7 Å². The minimum absolute atomic E-state index is 0. The van der Waals surface area contributed by atoms with Crippen molar-refractivity contribution in [3.8, 4) is 0 Å². The van der Waals surface area contributed by atoms with Crippen molar-refractivity contribution in [1.82, 2.24) is 15.6 Å². The Balaban J connectivity index is 0.00000208. The summed E-state index contributed by atoms with van der Waals surface area (Å²) in [5.74, 6) is 0.876. The van der Waals surface area contributed by atoms with E-state index in [0.29, 0.717) is 24.8 Å². The van der Waals surface area contributed by atoms with Gasteiger partial charge in [-0.15, -0.1) is 35.3 Å². The average Bonchev–Trinajstić information content (AvgIpc) is 3.20. The van der Waals surface area contributed by atoms with E-state index in [1.165, 1.54) is 12.8 Å². The Morgan fingerprint density at radius 3 is 2.75 bits per heavy atom. The number of aromatic nitrogens is 1. The number of thiazole rings is 1. The third-order valence-corrected chi connectivity index (χ3v) is 5.30. The van der Waals surface area contributed by atoms with Gasteiger partial charge < -0.3 is 15.4 Å². The molecule has 2 fully saturated rings. The van der Waals surface area contributed by atoms with Crippen LogP contribution in [0.3, 0.4) is 0 Å². The topological polar surface area (TPSA) is 58.5 Å². The number of hydrogen-bond donors (Lipinski definition) is 2. The summed E-state index contributed by atoms with van der Waals surface area (Å²) in [5.41, 5.74) is 1.24. The van der Waals surface area contributed by atoms with Crippen molar-refractivity contribution in [2.24, 2.45) is 4.99 Å². The van der Waals surface area contributed by atoms with Crippen LogP contribution < -0.4 is 10.6 Å². The number of guanidine groups is 1. The van der Waals surface area contributed by atoms with Crippen LogP contribution >= 0.6 is 35.3 Å². The Morgan fingerprint density at radius 1 is 1.42 bits per heavy atom. The van der Waals surface area contributed by atoms with Crippen LogP contribution in [0.4, 0.5) is 0 Å². The Kier molecular flexibility index (Phi) is 6.90. The molecule has 0 radical (unpaired) electrons. The van der Waals surface area contributed by atoms with E-state index in [-0.39, 0.29) is 29.4 Å². The molecule has 2 aliphatic heterocycles. The summed E-state index contributed by atoms with van der Waals surface area (Å²) >= 11 is 1.69. The molecule has 7 heteroatoms. The summed E-state index contributed by atoms with van der Waals surface area (Å²) < 4.78 is 5.91. The maximum atomic E-state index is 5.91. The molecule has 24 heavy (non-hydrogen) atoms. The van der Waals surface area contributed by atoms with Crippen LogP contribution in [0.2, 0.25) is 0 Å². The van der Waals surface area contributed by atoms with Gasteiger partial charge in [-0.2, -0.15) is 0 Å². The maximum absolute atomic E-state index is 5.91. The van der Waals surface area contributed by atoms with E-state index in [1.807, 2.05) is 0 Å². The molecule has 0 saturated carbocycles. The van der Waals surface area contributed by atoms with Crippen molar-refractivity contribution in [2.75, 3.05) is 6.54 Å². The fraction of sp³-hybridized carbons (Fsp3) is 0.765. The molecule has 0 aromatic carbocycles. The van der Waals surface area contributed by atoms with Crippen molar-refractivity contribution in [3.05, 3.63) is 16.1 Å². The second-order valence-corrected chi connectivity index (χ2v) is 8.37. The third-order valence-electron chi connectivity index (χ3n) is 4.46. The number of nitrogens with one attached hydrogen (secondary N) is 2. The highest BCUT2D eigenvalue weighted by Gasteiger charge is 2.41. The van der Waals surface area contributed by atoms with Crippen LogP contribution in [-0.4, -0.2) is 35.7 Å². The SMILES string of the molecule is CCNC(=NCc1nc(C(C)(C)C)cs1)NC1CC2CCC1O2.I. The van der Waals surface area contributed by atoms with Gasteiger partial charge in [-0.05, 0) is 26.2 Å². The molecule has 1 aromatic heterocycles. The van der Waals surface area contributed by atoms with Gasteiger partial charge in [0.15, 0.2) is 5.96 Å². The molecular weight excluding hydrogens is 435 g/mol. The minimum Gasteiger partial charge on any atom is -0.373 e. The maximum Gasteiger partial charge on any atom is 0.191 e. The van der Waals surface area contributed by atoms with Crippen molar-refractivity contribution >= 4 is 41.3 Å². The summed E-state index contributed by atoms with van der Waals surface area (Å²) in [4.78, 5) is 9.43. The van der Waals surface area contributed by atoms with Gasteiger partial charge in [-0.1, -0.05) is 20.8 Å². The molecular formula is C17H29IN4OS. The number of halogens is 1. The zero-order chi connectivity index (χ0) is 16.4. The number of fused-ring (bicyclic) bond motifs is 2.